The van der Waals surface area contributed by atoms with Gasteiger partial charge in [-0.05, 0) is 37.3 Å². The van der Waals surface area contributed by atoms with Gasteiger partial charge in [-0.3, -0.25) is 0 Å². The van der Waals surface area contributed by atoms with Gasteiger partial charge in [0.05, 0.1) is 19.4 Å². The third-order valence-electron chi connectivity index (χ3n) is 3.06. The van der Waals surface area contributed by atoms with Crippen molar-refractivity contribution in [1.29, 1.82) is 0 Å². The second-order valence-corrected chi connectivity index (χ2v) is 4.30. The highest BCUT2D eigenvalue weighted by molar-refractivity contribution is 5.37. The Kier molecular flexibility index (Phi) is 3.62. The molecule has 2 rings (SSSR count). The van der Waals surface area contributed by atoms with Gasteiger partial charge in [0.2, 0.25) is 0 Å². The third kappa shape index (κ3) is 2.85. The van der Waals surface area contributed by atoms with Crippen molar-refractivity contribution in [1.82, 2.24) is 4.98 Å². The molecule has 88 valence electrons. The highest BCUT2D eigenvalue weighted by atomic mass is 16.5. The largest absolute Gasteiger partial charge is 0.495 e. The predicted molar refractivity (Wildman–Crippen MR) is 62.6 cm³/mol. The summed E-state index contributed by atoms with van der Waals surface area (Å²) in [6.45, 7) is 0.885. The Labute approximate surface area is 95.7 Å². The van der Waals surface area contributed by atoms with Crippen LogP contribution in [0.1, 0.15) is 19.3 Å². The van der Waals surface area contributed by atoms with Gasteiger partial charge in [0.25, 0.3) is 0 Å². The molecule has 1 heterocycles. The third-order valence-corrected chi connectivity index (χ3v) is 3.06. The molecule has 1 aliphatic carbocycles. The first-order chi connectivity index (χ1) is 7.78. The van der Waals surface area contributed by atoms with E-state index in [0.29, 0.717) is 5.92 Å². The second kappa shape index (κ2) is 5.16. The molecule has 1 aromatic rings. The average Bonchev–Trinajstić information content (AvgIpc) is 2.73. The fourth-order valence-corrected chi connectivity index (χ4v) is 2.09. The van der Waals surface area contributed by atoms with Crippen molar-refractivity contribution in [2.75, 3.05) is 19.0 Å². The molecular formula is C12H18N2O2. The number of nitrogens with one attached hydrogen (secondary N) is 1. The molecule has 0 spiro atoms. The molecule has 1 aliphatic rings. The fourth-order valence-electron chi connectivity index (χ4n) is 2.09. The van der Waals surface area contributed by atoms with Crippen molar-refractivity contribution < 1.29 is 9.84 Å². The minimum Gasteiger partial charge on any atom is -0.495 e. The molecule has 0 saturated heterocycles. The number of methoxy groups -OCH3 is 1. The van der Waals surface area contributed by atoms with E-state index in [0.717, 1.165) is 37.4 Å². The van der Waals surface area contributed by atoms with Crippen molar-refractivity contribution in [3.05, 3.63) is 18.3 Å². The molecule has 2 unspecified atom stereocenters. The molecule has 0 radical (unpaired) electrons. The Morgan fingerprint density at radius 2 is 2.38 bits per heavy atom. The number of nitrogens with zero attached hydrogens (tertiary/aromatic N) is 1. The number of aliphatic hydroxyl groups is 1. The van der Waals surface area contributed by atoms with E-state index in [1.807, 2.05) is 12.1 Å². The first-order valence-electron chi connectivity index (χ1n) is 5.70. The van der Waals surface area contributed by atoms with Crippen LogP contribution in [-0.4, -0.2) is 29.8 Å². The maximum absolute atomic E-state index is 9.41. The van der Waals surface area contributed by atoms with E-state index in [1.165, 1.54) is 0 Å². The van der Waals surface area contributed by atoms with Gasteiger partial charge in [0.1, 0.15) is 11.6 Å². The summed E-state index contributed by atoms with van der Waals surface area (Å²) in [5, 5.41) is 12.7. The van der Waals surface area contributed by atoms with E-state index < -0.39 is 0 Å². The van der Waals surface area contributed by atoms with Gasteiger partial charge in [0, 0.05) is 6.54 Å². The predicted octanol–water partition coefficient (Wildman–Crippen LogP) is 1.66. The van der Waals surface area contributed by atoms with E-state index in [2.05, 4.69) is 10.3 Å². The summed E-state index contributed by atoms with van der Waals surface area (Å²) in [5.41, 5.74) is 0. The number of hydrogen-bond acceptors (Lipinski definition) is 4. The lowest BCUT2D eigenvalue weighted by Crippen LogP contribution is -2.13. The minimum atomic E-state index is -0.101. The zero-order valence-corrected chi connectivity index (χ0v) is 9.52. The van der Waals surface area contributed by atoms with Crippen LogP contribution in [0.3, 0.4) is 0 Å². The first kappa shape index (κ1) is 11.2. The van der Waals surface area contributed by atoms with Gasteiger partial charge in [-0.2, -0.15) is 0 Å². The monoisotopic (exact) mass is 222 g/mol. The van der Waals surface area contributed by atoms with Crippen LogP contribution < -0.4 is 10.1 Å². The topological polar surface area (TPSA) is 54.4 Å². The number of pyridine rings is 1. The molecule has 0 amide bonds. The number of hydrogen-bond donors (Lipinski definition) is 2. The Balaban J connectivity index is 1.80. The van der Waals surface area contributed by atoms with Gasteiger partial charge in [-0.1, -0.05) is 0 Å². The molecule has 4 heteroatoms. The SMILES string of the molecule is COc1ccc(NCC2CCC(O)C2)nc1. The second-order valence-electron chi connectivity index (χ2n) is 4.30. The molecule has 1 fully saturated rings. The maximum atomic E-state index is 9.41. The normalized spacial score (nSPS) is 24.4. The van der Waals surface area contributed by atoms with Crippen LogP contribution in [0.4, 0.5) is 5.82 Å². The standard InChI is InChI=1S/C12H18N2O2/c1-16-11-4-5-12(14-8-11)13-7-9-2-3-10(15)6-9/h4-5,8-10,15H,2-3,6-7H2,1H3,(H,13,14). The maximum Gasteiger partial charge on any atom is 0.137 e. The summed E-state index contributed by atoms with van der Waals surface area (Å²) in [6.07, 6.45) is 4.54. The first-order valence-corrected chi connectivity index (χ1v) is 5.70. The Morgan fingerprint density at radius 1 is 1.50 bits per heavy atom. The van der Waals surface area contributed by atoms with E-state index >= 15 is 0 Å². The van der Waals surface area contributed by atoms with Crippen molar-refractivity contribution in [2.45, 2.75) is 25.4 Å². The quantitative estimate of drug-likeness (QED) is 0.813. The smallest absolute Gasteiger partial charge is 0.137 e. The van der Waals surface area contributed by atoms with E-state index in [-0.39, 0.29) is 6.10 Å². The summed E-state index contributed by atoms with van der Waals surface area (Å²) in [6, 6.07) is 3.79. The summed E-state index contributed by atoms with van der Waals surface area (Å²) >= 11 is 0. The number of aromatic nitrogens is 1. The van der Waals surface area contributed by atoms with E-state index in [4.69, 9.17) is 4.74 Å². The van der Waals surface area contributed by atoms with Crippen LogP contribution in [0.15, 0.2) is 18.3 Å². The van der Waals surface area contributed by atoms with Crippen LogP contribution in [0.25, 0.3) is 0 Å². The average molecular weight is 222 g/mol. The number of aliphatic hydroxyl groups excluding tert-OH is 1. The van der Waals surface area contributed by atoms with Crippen molar-refractivity contribution in [2.24, 2.45) is 5.92 Å². The zero-order chi connectivity index (χ0) is 11.4. The van der Waals surface area contributed by atoms with Crippen LogP contribution in [0, 0.1) is 5.92 Å². The summed E-state index contributed by atoms with van der Waals surface area (Å²) in [4.78, 5) is 4.23. The van der Waals surface area contributed by atoms with Crippen molar-refractivity contribution >= 4 is 5.82 Å². The Bertz CT molecular complexity index is 326. The summed E-state index contributed by atoms with van der Waals surface area (Å²) < 4.78 is 5.04. The van der Waals surface area contributed by atoms with Crippen LogP contribution in [0.5, 0.6) is 5.75 Å². The molecule has 2 N–H and O–H groups in total. The zero-order valence-electron chi connectivity index (χ0n) is 9.52. The highest BCUT2D eigenvalue weighted by Crippen LogP contribution is 2.25. The van der Waals surface area contributed by atoms with Gasteiger partial charge >= 0.3 is 0 Å². The molecular weight excluding hydrogens is 204 g/mol. The van der Waals surface area contributed by atoms with Crippen molar-refractivity contribution in [3.63, 3.8) is 0 Å². The molecule has 4 nitrogen and oxygen atoms in total. The number of ether oxygens (including phenoxy) is 1. The molecule has 0 aromatic carbocycles. The number of rotatable bonds is 4. The highest BCUT2D eigenvalue weighted by Gasteiger charge is 2.22. The van der Waals surface area contributed by atoms with Crippen LogP contribution in [-0.2, 0) is 0 Å². The lowest BCUT2D eigenvalue weighted by molar-refractivity contribution is 0.178. The lowest BCUT2D eigenvalue weighted by Gasteiger charge is -2.11. The molecule has 1 aromatic heterocycles. The fraction of sp³-hybridized carbons (Fsp3) is 0.583. The summed E-state index contributed by atoms with van der Waals surface area (Å²) in [5.74, 6) is 2.20. The van der Waals surface area contributed by atoms with Crippen LogP contribution in [0.2, 0.25) is 0 Å². The molecule has 0 bridgehead atoms. The van der Waals surface area contributed by atoms with Gasteiger partial charge in [-0.25, -0.2) is 4.98 Å². The Morgan fingerprint density at radius 3 is 2.94 bits per heavy atom. The van der Waals surface area contributed by atoms with E-state index in [1.54, 1.807) is 13.3 Å². The van der Waals surface area contributed by atoms with Crippen LogP contribution >= 0.6 is 0 Å². The lowest BCUT2D eigenvalue weighted by atomic mass is 10.1. The molecule has 16 heavy (non-hydrogen) atoms. The van der Waals surface area contributed by atoms with Gasteiger partial charge in [-0.15, -0.1) is 0 Å². The Hall–Kier alpha value is -1.29. The van der Waals surface area contributed by atoms with E-state index in [9.17, 15) is 5.11 Å². The molecule has 2 atom stereocenters. The number of anilines is 1. The minimum absolute atomic E-state index is 0.101. The summed E-state index contributed by atoms with van der Waals surface area (Å²) in [7, 11) is 1.63. The van der Waals surface area contributed by atoms with Crippen molar-refractivity contribution in [3.8, 4) is 5.75 Å². The van der Waals surface area contributed by atoms with Gasteiger partial charge < -0.3 is 15.2 Å². The molecule has 0 aliphatic heterocycles. The van der Waals surface area contributed by atoms with Gasteiger partial charge in [0.15, 0.2) is 0 Å². The molecule has 1 saturated carbocycles.